The van der Waals surface area contributed by atoms with Crippen LogP contribution in [0.4, 0.5) is 4.79 Å². The van der Waals surface area contributed by atoms with Crippen molar-refractivity contribution in [2.24, 2.45) is 0 Å². The highest BCUT2D eigenvalue weighted by molar-refractivity contribution is 7.89. The van der Waals surface area contributed by atoms with Gasteiger partial charge in [0.25, 0.3) is 5.91 Å². The molecule has 0 bridgehead atoms. The van der Waals surface area contributed by atoms with Gasteiger partial charge >= 0.3 is 12.0 Å². The Morgan fingerprint density at radius 2 is 1.65 bits per heavy atom. The second kappa shape index (κ2) is 8.31. The molecule has 0 aromatic heterocycles. The zero-order valence-electron chi connectivity index (χ0n) is 15.5. The molecule has 0 aliphatic carbocycles. The molecule has 0 saturated heterocycles. The Bertz CT molecular complexity index is 778. The van der Waals surface area contributed by atoms with E-state index in [1.165, 1.54) is 31.2 Å². The number of amides is 3. The molecule has 2 N–H and O–H groups in total. The van der Waals surface area contributed by atoms with Crippen LogP contribution in [0.5, 0.6) is 0 Å². The lowest BCUT2D eigenvalue weighted by Crippen LogP contribution is -2.50. The minimum atomic E-state index is -3.17. The normalized spacial score (nSPS) is 12.8. The van der Waals surface area contributed by atoms with Crippen LogP contribution < -0.4 is 10.6 Å². The molecule has 1 atom stereocenters. The van der Waals surface area contributed by atoms with Gasteiger partial charge in [-0.05, 0) is 45.4 Å². The summed E-state index contributed by atoms with van der Waals surface area (Å²) in [6.07, 6.45) is -0.0606. The average Bonchev–Trinajstić information content (AvgIpc) is 2.43. The van der Waals surface area contributed by atoms with Gasteiger partial charge in [-0.25, -0.2) is 18.0 Å². The van der Waals surface area contributed by atoms with E-state index >= 15 is 0 Å². The van der Waals surface area contributed by atoms with Crippen molar-refractivity contribution in [1.82, 2.24) is 10.6 Å². The molecule has 1 unspecified atom stereocenters. The minimum Gasteiger partial charge on any atom is -0.449 e. The maximum absolute atomic E-state index is 12.0. The third kappa shape index (κ3) is 8.11. The molecule has 0 radical (unpaired) electrons. The molecule has 0 aliphatic rings. The van der Waals surface area contributed by atoms with Gasteiger partial charge in [0.05, 0.1) is 11.3 Å². The van der Waals surface area contributed by atoms with Gasteiger partial charge in [-0.3, -0.25) is 10.1 Å². The van der Waals surface area contributed by atoms with E-state index in [1.54, 1.807) is 20.8 Å². The number of carbonyl (C=O) groups excluding carboxylic acids is 3. The van der Waals surface area contributed by atoms with Gasteiger partial charge in [0, 0.05) is 11.8 Å². The Morgan fingerprint density at radius 1 is 1.12 bits per heavy atom. The molecule has 8 nitrogen and oxygen atoms in total. The number of benzene rings is 1. The second-order valence-corrected chi connectivity index (χ2v) is 9.15. The first-order chi connectivity index (χ1) is 11.8. The zero-order valence-corrected chi connectivity index (χ0v) is 16.3. The fraction of sp³-hybridized carbons (Fsp3) is 0.471. The van der Waals surface area contributed by atoms with Crippen molar-refractivity contribution in [3.63, 3.8) is 0 Å². The maximum atomic E-state index is 12.0. The summed E-state index contributed by atoms with van der Waals surface area (Å²) < 4.78 is 27.5. The first kappa shape index (κ1) is 21.6. The monoisotopic (exact) mass is 384 g/mol. The summed E-state index contributed by atoms with van der Waals surface area (Å²) in [5.74, 6) is -1.65. The quantitative estimate of drug-likeness (QED) is 0.741. The van der Waals surface area contributed by atoms with Gasteiger partial charge in [-0.15, -0.1) is 0 Å². The maximum Gasteiger partial charge on any atom is 0.338 e. The van der Waals surface area contributed by atoms with Crippen LogP contribution in [0.3, 0.4) is 0 Å². The topological polar surface area (TPSA) is 119 Å². The van der Waals surface area contributed by atoms with E-state index in [1.807, 2.05) is 0 Å². The molecule has 1 rings (SSSR count). The lowest BCUT2D eigenvalue weighted by Gasteiger charge is -2.21. The van der Waals surface area contributed by atoms with Gasteiger partial charge in [0.1, 0.15) is 0 Å². The molecule has 1 aromatic rings. The number of hydrogen-bond acceptors (Lipinski definition) is 6. The molecule has 0 spiro atoms. The van der Waals surface area contributed by atoms with E-state index in [-0.39, 0.29) is 11.3 Å². The summed E-state index contributed by atoms with van der Waals surface area (Å²) in [6, 6.07) is 5.15. The van der Waals surface area contributed by atoms with Crippen LogP contribution in [-0.2, 0) is 25.1 Å². The summed E-state index contributed by atoms with van der Waals surface area (Å²) >= 11 is 0. The smallest absolute Gasteiger partial charge is 0.338 e. The number of nitrogens with one attached hydrogen (secondary N) is 2. The number of urea groups is 1. The van der Waals surface area contributed by atoms with Crippen LogP contribution in [0, 0.1) is 0 Å². The van der Waals surface area contributed by atoms with E-state index in [2.05, 4.69) is 10.6 Å². The van der Waals surface area contributed by atoms with Gasteiger partial charge in [0.15, 0.2) is 15.9 Å². The van der Waals surface area contributed by atoms with E-state index in [9.17, 15) is 22.8 Å². The van der Waals surface area contributed by atoms with Crippen LogP contribution in [0.2, 0.25) is 0 Å². The summed E-state index contributed by atoms with van der Waals surface area (Å²) in [4.78, 5) is 35.6. The zero-order chi connectivity index (χ0) is 20.1. The summed E-state index contributed by atoms with van der Waals surface area (Å²) in [5, 5.41) is 4.65. The van der Waals surface area contributed by atoms with Crippen molar-refractivity contribution in [3.05, 3.63) is 35.4 Å². The highest BCUT2D eigenvalue weighted by Gasteiger charge is 2.22. The molecule has 0 heterocycles. The molecule has 26 heavy (non-hydrogen) atoms. The number of ether oxygens (including phenoxy) is 1. The summed E-state index contributed by atoms with van der Waals surface area (Å²) in [6.45, 7) is 6.62. The number of rotatable bonds is 5. The van der Waals surface area contributed by atoms with E-state index in [0.29, 0.717) is 5.56 Å². The average molecular weight is 384 g/mol. The number of sulfone groups is 1. The van der Waals surface area contributed by atoms with E-state index in [4.69, 9.17) is 4.74 Å². The Labute approximate surface area is 153 Å². The number of carbonyl (C=O) groups is 3. The van der Waals surface area contributed by atoms with Crippen molar-refractivity contribution < 1.29 is 27.5 Å². The number of hydrogen-bond donors (Lipinski definition) is 2. The molecular formula is C17H24N2O6S. The number of imide groups is 1. The Morgan fingerprint density at radius 3 is 2.12 bits per heavy atom. The van der Waals surface area contributed by atoms with Crippen LogP contribution >= 0.6 is 0 Å². The molecular weight excluding hydrogens is 360 g/mol. The van der Waals surface area contributed by atoms with E-state index < -0.39 is 39.4 Å². The van der Waals surface area contributed by atoms with Crippen molar-refractivity contribution in [1.29, 1.82) is 0 Å². The highest BCUT2D eigenvalue weighted by Crippen LogP contribution is 2.10. The molecule has 1 aromatic carbocycles. The predicted octanol–water partition coefficient (Wildman–Crippen LogP) is 1.40. The first-order valence-electron chi connectivity index (χ1n) is 7.87. The fourth-order valence-corrected chi connectivity index (χ4v) is 2.71. The Balaban J connectivity index is 2.63. The third-order valence-corrected chi connectivity index (χ3v) is 3.85. The van der Waals surface area contributed by atoms with E-state index in [0.717, 1.165) is 6.26 Å². The van der Waals surface area contributed by atoms with Crippen LogP contribution in [0.25, 0.3) is 0 Å². The largest absolute Gasteiger partial charge is 0.449 e. The summed E-state index contributed by atoms with van der Waals surface area (Å²) in [7, 11) is -3.17. The molecule has 0 fully saturated rings. The lowest BCUT2D eigenvalue weighted by atomic mass is 10.1. The van der Waals surface area contributed by atoms with Gasteiger partial charge in [0.2, 0.25) is 0 Å². The second-order valence-electron chi connectivity index (χ2n) is 7.01. The van der Waals surface area contributed by atoms with Crippen molar-refractivity contribution in [2.75, 3.05) is 6.26 Å². The first-order valence-corrected chi connectivity index (χ1v) is 9.93. The fourth-order valence-electron chi connectivity index (χ4n) is 1.91. The van der Waals surface area contributed by atoms with Crippen molar-refractivity contribution in [3.8, 4) is 0 Å². The van der Waals surface area contributed by atoms with Crippen molar-refractivity contribution >= 4 is 27.7 Å². The van der Waals surface area contributed by atoms with Crippen LogP contribution in [-0.4, -0.2) is 44.2 Å². The molecule has 0 aliphatic heterocycles. The molecule has 3 amide bonds. The lowest BCUT2D eigenvalue weighted by molar-refractivity contribution is -0.127. The highest BCUT2D eigenvalue weighted by atomic mass is 32.2. The standard InChI is InChI=1S/C17H24N2O6S/c1-11(14(20)18-16(22)19-17(2,3)4)25-15(21)13-8-6-12(7-9-13)10-26(5,23)24/h6-9,11H,10H2,1-5H3,(H2,18,19,20,22). The van der Waals surface area contributed by atoms with Gasteiger partial charge < -0.3 is 10.1 Å². The predicted molar refractivity (Wildman–Crippen MR) is 96.3 cm³/mol. The van der Waals surface area contributed by atoms with Crippen LogP contribution in [0.1, 0.15) is 43.6 Å². The van der Waals surface area contributed by atoms with Crippen molar-refractivity contribution in [2.45, 2.75) is 45.1 Å². The third-order valence-electron chi connectivity index (χ3n) is 3.00. The molecule has 0 saturated carbocycles. The minimum absolute atomic E-state index is 0.135. The van der Waals surface area contributed by atoms with Gasteiger partial charge in [-0.2, -0.15) is 0 Å². The molecule has 9 heteroatoms. The van der Waals surface area contributed by atoms with Crippen LogP contribution in [0.15, 0.2) is 24.3 Å². The SMILES string of the molecule is CC(OC(=O)c1ccc(CS(C)(=O)=O)cc1)C(=O)NC(=O)NC(C)(C)C. The van der Waals surface area contributed by atoms with Gasteiger partial charge in [-0.1, -0.05) is 12.1 Å². The Hall–Kier alpha value is -2.42. The number of esters is 1. The summed E-state index contributed by atoms with van der Waals surface area (Å²) in [5.41, 5.74) is 0.188. The molecule has 144 valence electrons. The Kier molecular flexibility index (Phi) is 6.91.